The second-order valence-corrected chi connectivity index (χ2v) is 3.81. The predicted molar refractivity (Wildman–Crippen MR) is 73.7 cm³/mol. The van der Waals surface area contributed by atoms with Gasteiger partial charge in [-0.3, -0.25) is 4.79 Å². The summed E-state index contributed by atoms with van der Waals surface area (Å²) in [6.07, 6.45) is 1.61. The second-order valence-electron chi connectivity index (χ2n) is 3.81. The SMILES string of the molecule is CCCCOC(=O)CC(O)C(=O)OCCCC.[SnH4]. The van der Waals surface area contributed by atoms with Crippen LogP contribution in [-0.4, -0.2) is 60.3 Å². The van der Waals surface area contributed by atoms with E-state index in [1.165, 1.54) is 0 Å². The molecule has 0 aliphatic rings. The van der Waals surface area contributed by atoms with Crippen LogP contribution in [0.15, 0.2) is 0 Å². The normalized spacial score (nSPS) is 11.3. The Bertz CT molecular complexity index is 233. The van der Waals surface area contributed by atoms with E-state index in [4.69, 9.17) is 9.47 Å². The second kappa shape index (κ2) is 13.1. The van der Waals surface area contributed by atoms with E-state index >= 15 is 0 Å². The molecular formula is C12H26O5Sn. The Labute approximate surface area is 125 Å². The monoisotopic (exact) mass is 370 g/mol. The third kappa shape index (κ3) is 10.8. The first-order valence-corrected chi connectivity index (χ1v) is 6.12. The number of rotatable bonds is 9. The molecule has 6 heteroatoms. The van der Waals surface area contributed by atoms with Gasteiger partial charge in [0.25, 0.3) is 0 Å². The van der Waals surface area contributed by atoms with Crippen LogP contribution in [0.4, 0.5) is 0 Å². The van der Waals surface area contributed by atoms with Crippen molar-refractivity contribution in [1.29, 1.82) is 0 Å². The summed E-state index contributed by atoms with van der Waals surface area (Å²) >= 11 is 0. The van der Waals surface area contributed by atoms with Crippen LogP contribution in [0.3, 0.4) is 0 Å². The Morgan fingerprint density at radius 1 is 1.06 bits per heavy atom. The Hall–Kier alpha value is -0.301. The van der Waals surface area contributed by atoms with Crippen molar-refractivity contribution >= 4 is 35.8 Å². The summed E-state index contributed by atoms with van der Waals surface area (Å²) in [6, 6.07) is 0. The molecule has 108 valence electrons. The molecule has 0 amide bonds. The topological polar surface area (TPSA) is 72.8 Å². The summed E-state index contributed by atoms with van der Waals surface area (Å²) in [5.74, 6) is -1.33. The Morgan fingerprint density at radius 3 is 2.06 bits per heavy atom. The zero-order valence-electron chi connectivity index (χ0n) is 10.6. The number of esters is 2. The molecule has 0 aromatic rings. The van der Waals surface area contributed by atoms with Crippen LogP contribution in [0.5, 0.6) is 0 Å². The summed E-state index contributed by atoms with van der Waals surface area (Å²) in [6.45, 7) is 4.55. The van der Waals surface area contributed by atoms with Crippen LogP contribution in [0.25, 0.3) is 0 Å². The van der Waals surface area contributed by atoms with Crippen molar-refractivity contribution in [2.24, 2.45) is 0 Å². The van der Waals surface area contributed by atoms with Crippen molar-refractivity contribution in [2.45, 2.75) is 52.1 Å². The molecule has 0 aliphatic carbocycles. The number of carbonyl (C=O) groups is 2. The minimum absolute atomic E-state index is 0. The van der Waals surface area contributed by atoms with Gasteiger partial charge in [0.15, 0.2) is 6.10 Å². The van der Waals surface area contributed by atoms with Crippen LogP contribution in [0, 0.1) is 0 Å². The molecule has 5 nitrogen and oxygen atoms in total. The average Bonchev–Trinajstić information content (AvgIpc) is 2.29. The fraction of sp³-hybridized carbons (Fsp3) is 0.833. The molecular weight excluding hydrogens is 343 g/mol. The molecule has 0 aromatic carbocycles. The van der Waals surface area contributed by atoms with E-state index in [1.807, 2.05) is 13.8 Å². The summed E-state index contributed by atoms with van der Waals surface area (Å²) in [5, 5.41) is 9.37. The van der Waals surface area contributed by atoms with Gasteiger partial charge in [-0.05, 0) is 12.8 Å². The van der Waals surface area contributed by atoms with Gasteiger partial charge in [0.2, 0.25) is 0 Å². The fourth-order valence-corrected chi connectivity index (χ4v) is 1.04. The average molecular weight is 369 g/mol. The van der Waals surface area contributed by atoms with Gasteiger partial charge in [-0.2, -0.15) is 0 Å². The van der Waals surface area contributed by atoms with Crippen molar-refractivity contribution in [3.8, 4) is 0 Å². The maximum atomic E-state index is 11.2. The maximum absolute atomic E-state index is 11.2. The molecule has 1 N–H and O–H groups in total. The van der Waals surface area contributed by atoms with Crippen LogP contribution in [-0.2, 0) is 19.1 Å². The van der Waals surface area contributed by atoms with E-state index in [2.05, 4.69) is 0 Å². The fourth-order valence-electron chi connectivity index (χ4n) is 1.04. The molecule has 1 unspecified atom stereocenters. The predicted octanol–water partition coefficient (Wildman–Crippen LogP) is -0.0276. The Kier molecular flexibility index (Phi) is 14.6. The molecule has 0 radical (unpaired) electrons. The van der Waals surface area contributed by atoms with Gasteiger partial charge < -0.3 is 14.6 Å². The van der Waals surface area contributed by atoms with E-state index in [0.29, 0.717) is 6.61 Å². The molecule has 1 atom stereocenters. The Morgan fingerprint density at radius 2 is 1.56 bits per heavy atom. The van der Waals surface area contributed by atoms with Crippen molar-refractivity contribution < 1.29 is 24.2 Å². The summed E-state index contributed by atoms with van der Waals surface area (Å²) in [4.78, 5) is 22.4. The number of carbonyl (C=O) groups excluding carboxylic acids is 2. The molecule has 0 spiro atoms. The van der Waals surface area contributed by atoms with Gasteiger partial charge in [-0.15, -0.1) is 0 Å². The van der Waals surface area contributed by atoms with Crippen molar-refractivity contribution in [1.82, 2.24) is 0 Å². The number of hydrogen-bond donors (Lipinski definition) is 1. The summed E-state index contributed by atoms with van der Waals surface area (Å²) in [5.41, 5.74) is 0. The zero-order chi connectivity index (χ0) is 13.1. The first-order chi connectivity index (χ1) is 8.11. The van der Waals surface area contributed by atoms with E-state index in [9.17, 15) is 14.7 Å². The van der Waals surface area contributed by atoms with E-state index < -0.39 is 18.0 Å². The third-order valence-electron chi connectivity index (χ3n) is 2.14. The van der Waals surface area contributed by atoms with Crippen molar-refractivity contribution in [3.05, 3.63) is 0 Å². The summed E-state index contributed by atoms with van der Waals surface area (Å²) in [7, 11) is 0. The number of aliphatic hydroxyl groups is 1. The molecule has 0 aromatic heterocycles. The standard InChI is InChI=1S/C12H22O5.Sn.4H/c1-3-5-7-16-11(14)9-10(13)12(15)17-8-6-4-2;;;;;/h10,13H,3-9H2,1-2H3;;;;;. The van der Waals surface area contributed by atoms with E-state index in [1.54, 1.807) is 0 Å². The van der Waals surface area contributed by atoms with Gasteiger partial charge >= 0.3 is 35.8 Å². The van der Waals surface area contributed by atoms with Crippen LogP contribution in [0.2, 0.25) is 0 Å². The van der Waals surface area contributed by atoms with Gasteiger partial charge in [0.1, 0.15) is 0 Å². The molecule has 0 rings (SSSR count). The van der Waals surface area contributed by atoms with Crippen LogP contribution < -0.4 is 0 Å². The summed E-state index contributed by atoms with van der Waals surface area (Å²) < 4.78 is 9.60. The van der Waals surface area contributed by atoms with Gasteiger partial charge in [-0.25, -0.2) is 4.79 Å². The molecule has 0 bridgehead atoms. The van der Waals surface area contributed by atoms with Gasteiger partial charge in [0, 0.05) is 0 Å². The Balaban J connectivity index is 0. The molecule has 0 fully saturated rings. The van der Waals surface area contributed by atoms with Gasteiger partial charge in [-0.1, -0.05) is 26.7 Å². The third-order valence-corrected chi connectivity index (χ3v) is 2.14. The van der Waals surface area contributed by atoms with Crippen LogP contribution >= 0.6 is 0 Å². The number of unbranched alkanes of at least 4 members (excludes halogenated alkanes) is 2. The van der Waals surface area contributed by atoms with Crippen molar-refractivity contribution in [2.75, 3.05) is 13.2 Å². The molecule has 18 heavy (non-hydrogen) atoms. The molecule has 0 saturated carbocycles. The number of aliphatic hydroxyl groups excluding tert-OH is 1. The van der Waals surface area contributed by atoms with Crippen molar-refractivity contribution in [3.63, 3.8) is 0 Å². The first-order valence-electron chi connectivity index (χ1n) is 6.12. The molecule has 0 aliphatic heterocycles. The number of ether oxygens (including phenoxy) is 2. The minimum atomic E-state index is -1.42. The van der Waals surface area contributed by atoms with E-state index in [-0.39, 0.29) is 36.9 Å². The van der Waals surface area contributed by atoms with Crippen LogP contribution in [0.1, 0.15) is 46.0 Å². The number of hydrogen-bond acceptors (Lipinski definition) is 5. The quantitative estimate of drug-likeness (QED) is 0.351. The zero-order valence-corrected chi connectivity index (χ0v) is 10.6. The molecule has 0 heterocycles. The van der Waals surface area contributed by atoms with E-state index in [0.717, 1.165) is 25.7 Å². The van der Waals surface area contributed by atoms with Gasteiger partial charge in [0.05, 0.1) is 19.6 Å². The first kappa shape index (κ1) is 20.0. The molecule has 0 saturated heterocycles.